The van der Waals surface area contributed by atoms with E-state index in [9.17, 15) is 4.79 Å². The van der Waals surface area contributed by atoms with Gasteiger partial charge >= 0.3 is 0 Å². The van der Waals surface area contributed by atoms with E-state index in [0.29, 0.717) is 6.10 Å². The maximum atomic E-state index is 11.4. The first-order valence-corrected chi connectivity index (χ1v) is 7.31. The van der Waals surface area contributed by atoms with Crippen molar-refractivity contribution in [1.29, 1.82) is 0 Å². The number of rotatable bonds is 7. The van der Waals surface area contributed by atoms with E-state index in [1.54, 1.807) is 7.05 Å². The van der Waals surface area contributed by atoms with Crippen LogP contribution >= 0.6 is 0 Å². The van der Waals surface area contributed by atoms with Crippen molar-refractivity contribution in [2.24, 2.45) is 5.73 Å². The fourth-order valence-electron chi connectivity index (χ4n) is 2.47. The summed E-state index contributed by atoms with van der Waals surface area (Å²) in [5, 5.41) is 3.03. The molecule has 5 nitrogen and oxygen atoms in total. The lowest BCUT2D eigenvalue weighted by Gasteiger charge is -2.26. The first-order valence-electron chi connectivity index (χ1n) is 7.31. The van der Waals surface area contributed by atoms with Gasteiger partial charge in [0.2, 0.25) is 5.91 Å². The molecule has 0 aromatic rings. The topological polar surface area (TPSA) is 67.6 Å². The van der Waals surface area contributed by atoms with Crippen LogP contribution in [-0.2, 0) is 9.53 Å². The SMILES string of the molecule is CNC(C)(CCCCN1CCCOC(C)C1)C(N)=O. The first-order chi connectivity index (χ1) is 8.98. The van der Waals surface area contributed by atoms with Crippen LogP contribution in [0, 0.1) is 0 Å². The van der Waals surface area contributed by atoms with Gasteiger partial charge in [-0.05, 0) is 53.1 Å². The number of carbonyl (C=O) groups excluding carboxylic acids is 1. The molecule has 19 heavy (non-hydrogen) atoms. The van der Waals surface area contributed by atoms with E-state index in [2.05, 4.69) is 17.1 Å². The van der Waals surface area contributed by atoms with Gasteiger partial charge in [-0.2, -0.15) is 0 Å². The minimum absolute atomic E-state index is 0.271. The van der Waals surface area contributed by atoms with Gasteiger partial charge in [0, 0.05) is 19.7 Å². The maximum absolute atomic E-state index is 11.4. The van der Waals surface area contributed by atoms with E-state index in [4.69, 9.17) is 10.5 Å². The van der Waals surface area contributed by atoms with Gasteiger partial charge in [0.15, 0.2) is 0 Å². The van der Waals surface area contributed by atoms with Crippen LogP contribution in [0.4, 0.5) is 0 Å². The number of hydrogen-bond acceptors (Lipinski definition) is 4. The first kappa shape index (κ1) is 16.4. The molecule has 2 unspecified atom stereocenters. The summed E-state index contributed by atoms with van der Waals surface area (Å²) in [6, 6.07) is 0. The molecule has 1 aliphatic heterocycles. The molecular weight excluding hydrogens is 242 g/mol. The number of nitrogens with two attached hydrogens (primary N) is 1. The zero-order valence-electron chi connectivity index (χ0n) is 12.6. The third kappa shape index (κ3) is 5.47. The van der Waals surface area contributed by atoms with Gasteiger partial charge in [-0.1, -0.05) is 0 Å². The van der Waals surface area contributed by atoms with Gasteiger partial charge < -0.3 is 20.7 Å². The van der Waals surface area contributed by atoms with Gasteiger partial charge in [-0.3, -0.25) is 4.79 Å². The normalized spacial score (nSPS) is 24.7. The van der Waals surface area contributed by atoms with Crippen LogP contribution in [-0.4, -0.2) is 55.7 Å². The lowest BCUT2D eigenvalue weighted by Crippen LogP contribution is -2.51. The Morgan fingerprint density at radius 2 is 2.26 bits per heavy atom. The molecule has 1 saturated heterocycles. The second-order valence-electron chi connectivity index (χ2n) is 5.74. The molecule has 2 atom stereocenters. The molecule has 0 saturated carbocycles. The van der Waals surface area contributed by atoms with Crippen LogP contribution in [0.3, 0.4) is 0 Å². The third-order valence-corrected chi connectivity index (χ3v) is 4.03. The number of nitrogens with one attached hydrogen (secondary N) is 1. The Labute approximate surface area is 116 Å². The second-order valence-corrected chi connectivity index (χ2v) is 5.74. The Bertz CT molecular complexity index is 286. The predicted octanol–water partition coefficient (Wildman–Crippen LogP) is 0.731. The highest BCUT2D eigenvalue weighted by molar-refractivity contribution is 5.84. The fraction of sp³-hybridized carbons (Fsp3) is 0.929. The largest absolute Gasteiger partial charge is 0.377 e. The Hall–Kier alpha value is -0.650. The molecule has 0 aliphatic carbocycles. The van der Waals surface area contributed by atoms with Crippen LogP contribution in [0.25, 0.3) is 0 Å². The summed E-state index contributed by atoms with van der Waals surface area (Å²) in [6.45, 7) is 8.08. The number of nitrogens with zero attached hydrogens (tertiary/aromatic N) is 1. The molecule has 1 amide bonds. The monoisotopic (exact) mass is 271 g/mol. The van der Waals surface area contributed by atoms with Gasteiger partial charge in [-0.25, -0.2) is 0 Å². The molecule has 1 aliphatic rings. The Kier molecular flexibility index (Phi) is 6.75. The summed E-state index contributed by atoms with van der Waals surface area (Å²) in [6.07, 6.45) is 4.33. The highest BCUT2D eigenvalue weighted by atomic mass is 16.5. The minimum Gasteiger partial charge on any atom is -0.377 e. The van der Waals surface area contributed by atoms with Gasteiger partial charge in [0.1, 0.15) is 0 Å². The lowest BCUT2D eigenvalue weighted by molar-refractivity contribution is -0.123. The molecule has 0 bridgehead atoms. The minimum atomic E-state index is -0.574. The predicted molar refractivity (Wildman–Crippen MR) is 77.0 cm³/mol. The van der Waals surface area contributed by atoms with Crippen LogP contribution < -0.4 is 11.1 Å². The van der Waals surface area contributed by atoms with E-state index >= 15 is 0 Å². The van der Waals surface area contributed by atoms with Gasteiger partial charge in [0.25, 0.3) is 0 Å². The number of carbonyl (C=O) groups is 1. The molecule has 112 valence electrons. The Morgan fingerprint density at radius 3 is 2.89 bits per heavy atom. The highest BCUT2D eigenvalue weighted by Crippen LogP contribution is 2.14. The molecular formula is C14H29N3O2. The van der Waals surface area contributed by atoms with Gasteiger partial charge in [-0.15, -0.1) is 0 Å². The Balaban J connectivity index is 2.24. The lowest BCUT2D eigenvalue weighted by atomic mass is 9.94. The van der Waals surface area contributed by atoms with Gasteiger partial charge in [0.05, 0.1) is 11.6 Å². The van der Waals surface area contributed by atoms with Crippen LogP contribution in [0.5, 0.6) is 0 Å². The smallest absolute Gasteiger partial charge is 0.237 e. The molecule has 0 aromatic carbocycles. The van der Waals surface area contributed by atoms with Crippen LogP contribution in [0.2, 0.25) is 0 Å². The number of hydrogen-bond donors (Lipinski definition) is 2. The molecule has 0 aromatic heterocycles. The molecule has 1 rings (SSSR count). The van der Waals surface area contributed by atoms with Crippen LogP contribution in [0.1, 0.15) is 39.5 Å². The second kappa shape index (κ2) is 7.82. The zero-order valence-corrected chi connectivity index (χ0v) is 12.6. The summed E-state index contributed by atoms with van der Waals surface area (Å²) in [5.74, 6) is -0.271. The van der Waals surface area contributed by atoms with Crippen molar-refractivity contribution in [2.75, 3.05) is 33.3 Å². The number of likely N-dealkylation sites (N-methyl/N-ethyl adjacent to an activating group) is 1. The quantitative estimate of drug-likeness (QED) is 0.670. The third-order valence-electron chi connectivity index (χ3n) is 4.03. The average molecular weight is 271 g/mol. The van der Waals surface area contributed by atoms with Crippen molar-refractivity contribution in [1.82, 2.24) is 10.2 Å². The summed E-state index contributed by atoms with van der Waals surface area (Å²) in [7, 11) is 1.79. The maximum Gasteiger partial charge on any atom is 0.237 e. The van der Waals surface area contributed by atoms with E-state index < -0.39 is 5.54 Å². The molecule has 1 heterocycles. The molecule has 0 spiro atoms. The van der Waals surface area contributed by atoms with E-state index in [1.165, 1.54) is 0 Å². The Morgan fingerprint density at radius 1 is 1.53 bits per heavy atom. The highest BCUT2D eigenvalue weighted by Gasteiger charge is 2.28. The van der Waals surface area contributed by atoms with E-state index in [1.807, 2.05) is 6.92 Å². The molecule has 1 fully saturated rings. The van der Waals surface area contributed by atoms with E-state index in [0.717, 1.165) is 51.9 Å². The number of amides is 1. The van der Waals surface area contributed by atoms with Crippen molar-refractivity contribution >= 4 is 5.91 Å². The molecule has 5 heteroatoms. The summed E-state index contributed by atoms with van der Waals surface area (Å²) < 4.78 is 5.63. The van der Waals surface area contributed by atoms with Crippen molar-refractivity contribution in [3.63, 3.8) is 0 Å². The average Bonchev–Trinajstić information content (AvgIpc) is 2.58. The van der Waals surface area contributed by atoms with Crippen molar-refractivity contribution in [3.05, 3.63) is 0 Å². The molecule has 3 N–H and O–H groups in total. The zero-order chi connectivity index (χ0) is 14.3. The standard InChI is InChI=1S/C14H29N3O2/c1-12-11-17(9-6-10-19-12)8-5-4-7-14(2,16-3)13(15)18/h12,16H,4-11H2,1-3H3,(H2,15,18). The summed E-state index contributed by atoms with van der Waals surface area (Å²) in [4.78, 5) is 13.8. The van der Waals surface area contributed by atoms with Crippen molar-refractivity contribution in [3.8, 4) is 0 Å². The van der Waals surface area contributed by atoms with Crippen LogP contribution in [0.15, 0.2) is 0 Å². The summed E-state index contributed by atoms with van der Waals surface area (Å²) in [5.41, 5.74) is 4.84. The number of primary amides is 1. The van der Waals surface area contributed by atoms with Crippen molar-refractivity contribution < 1.29 is 9.53 Å². The number of ether oxygens (including phenoxy) is 1. The van der Waals surface area contributed by atoms with E-state index in [-0.39, 0.29) is 5.91 Å². The number of unbranched alkanes of at least 4 members (excludes halogenated alkanes) is 1. The fourth-order valence-corrected chi connectivity index (χ4v) is 2.47. The van der Waals surface area contributed by atoms with Crippen molar-refractivity contribution in [2.45, 2.75) is 51.2 Å². The molecule has 0 radical (unpaired) electrons. The summed E-state index contributed by atoms with van der Waals surface area (Å²) >= 11 is 0.